The summed E-state index contributed by atoms with van der Waals surface area (Å²) >= 11 is 6.22. The molecule has 11 heteroatoms. The van der Waals surface area contributed by atoms with E-state index in [9.17, 15) is 13.9 Å². The molecule has 0 amide bonds. The Hall–Kier alpha value is -2.43. The molecule has 31 heavy (non-hydrogen) atoms. The fraction of sp³-hybridized carbons (Fsp3) is 0.500. The van der Waals surface area contributed by atoms with E-state index in [2.05, 4.69) is 20.2 Å². The average molecular weight is 457 g/mol. The summed E-state index contributed by atoms with van der Waals surface area (Å²) in [6, 6.07) is 7.61. The van der Waals surface area contributed by atoms with Crippen LogP contribution in [0.2, 0.25) is 5.02 Å². The molecule has 2 heterocycles. The highest BCUT2D eigenvalue weighted by Crippen LogP contribution is 2.36. The van der Waals surface area contributed by atoms with Gasteiger partial charge < -0.3 is 10.2 Å². The third kappa shape index (κ3) is 7.34. The topological polar surface area (TPSA) is 102 Å². The second-order valence-electron chi connectivity index (χ2n) is 8.16. The van der Waals surface area contributed by atoms with E-state index in [1.54, 1.807) is 11.0 Å². The second kappa shape index (κ2) is 10.7. The van der Waals surface area contributed by atoms with Gasteiger partial charge in [-0.1, -0.05) is 50.6 Å². The first kappa shape index (κ1) is 24.8. The summed E-state index contributed by atoms with van der Waals surface area (Å²) in [5.41, 5.74) is -0.351. The maximum absolute atomic E-state index is 11.7. The lowest BCUT2D eigenvalue weighted by atomic mass is 9.73. The molecule has 3 rings (SSSR count). The number of rotatable bonds is 7. The number of aromatic nitrogens is 6. The van der Waals surface area contributed by atoms with Crippen molar-refractivity contribution in [3.05, 3.63) is 60.2 Å². The third-order valence-corrected chi connectivity index (χ3v) is 5.23. The van der Waals surface area contributed by atoms with Crippen LogP contribution in [0.3, 0.4) is 0 Å². The standard InChI is InChI=1S/C15H20ClN3O.C5H7F2N3O/c1-14(2,3)15(20,9-19-11-17-10-18-19)8-12-6-4-5-7-13(12)16;6-5(7)4(11)1-10-3-8-2-9-10/h4-7,10-11,20H,8-9H2,1-3H3;2-5,11H,1H2. The zero-order valence-electron chi connectivity index (χ0n) is 17.6. The SMILES string of the molecule is CC(C)(C)C(O)(Cc1ccccc1Cl)Cn1cncn1.OC(Cn1cncn1)C(F)F. The van der Waals surface area contributed by atoms with Crippen LogP contribution in [0.1, 0.15) is 26.3 Å². The summed E-state index contributed by atoms with van der Waals surface area (Å²) < 4.78 is 26.2. The number of aliphatic hydroxyl groups excluding tert-OH is 1. The number of alkyl halides is 2. The number of aliphatic hydroxyl groups is 2. The highest BCUT2D eigenvalue weighted by atomic mass is 35.5. The first-order chi connectivity index (χ1) is 14.5. The lowest BCUT2D eigenvalue weighted by Crippen LogP contribution is -2.48. The normalized spacial score (nSPS) is 14.6. The molecule has 0 aliphatic rings. The second-order valence-corrected chi connectivity index (χ2v) is 8.57. The molecule has 8 nitrogen and oxygen atoms in total. The molecule has 3 aromatic rings. The van der Waals surface area contributed by atoms with Crippen molar-refractivity contribution in [2.24, 2.45) is 5.41 Å². The molecule has 0 bridgehead atoms. The molecule has 0 fully saturated rings. The zero-order chi connectivity index (χ0) is 23.1. The van der Waals surface area contributed by atoms with Crippen molar-refractivity contribution in [2.75, 3.05) is 0 Å². The first-order valence-electron chi connectivity index (χ1n) is 9.58. The molecule has 0 radical (unpaired) electrons. The van der Waals surface area contributed by atoms with Gasteiger partial charge in [0.2, 0.25) is 0 Å². The van der Waals surface area contributed by atoms with Crippen LogP contribution in [0, 0.1) is 5.41 Å². The molecule has 2 atom stereocenters. The monoisotopic (exact) mass is 456 g/mol. The van der Waals surface area contributed by atoms with Gasteiger partial charge in [0.1, 0.15) is 31.4 Å². The van der Waals surface area contributed by atoms with E-state index in [-0.39, 0.29) is 12.0 Å². The van der Waals surface area contributed by atoms with Gasteiger partial charge in [0.15, 0.2) is 0 Å². The number of hydrogen-bond donors (Lipinski definition) is 2. The summed E-state index contributed by atoms with van der Waals surface area (Å²) in [5, 5.41) is 28.1. The maximum Gasteiger partial charge on any atom is 0.265 e. The number of halogens is 3. The first-order valence-corrected chi connectivity index (χ1v) is 9.96. The summed E-state index contributed by atoms with van der Waals surface area (Å²) in [7, 11) is 0. The minimum atomic E-state index is -2.74. The Morgan fingerprint density at radius 1 is 1.03 bits per heavy atom. The lowest BCUT2D eigenvalue weighted by molar-refractivity contribution is -0.0730. The Bertz CT molecular complexity index is 903. The van der Waals surface area contributed by atoms with Gasteiger partial charge >= 0.3 is 0 Å². The van der Waals surface area contributed by atoms with Crippen molar-refractivity contribution in [3.63, 3.8) is 0 Å². The number of nitrogens with zero attached hydrogens (tertiary/aromatic N) is 6. The van der Waals surface area contributed by atoms with Crippen LogP contribution in [-0.4, -0.2) is 57.9 Å². The Kier molecular flexibility index (Phi) is 8.60. The van der Waals surface area contributed by atoms with Crippen molar-refractivity contribution in [1.82, 2.24) is 29.5 Å². The summed E-state index contributed by atoms with van der Waals surface area (Å²) in [6.45, 7) is 6.20. The highest BCUT2D eigenvalue weighted by Gasteiger charge is 2.41. The molecule has 1 aromatic carbocycles. The minimum Gasteiger partial charge on any atom is -0.387 e. The van der Waals surface area contributed by atoms with Crippen LogP contribution >= 0.6 is 11.6 Å². The van der Waals surface area contributed by atoms with Crippen LogP contribution < -0.4 is 0 Å². The van der Waals surface area contributed by atoms with E-state index in [0.717, 1.165) is 10.2 Å². The van der Waals surface area contributed by atoms with Crippen molar-refractivity contribution in [1.29, 1.82) is 0 Å². The molecule has 2 unspecified atom stereocenters. The molecule has 0 spiro atoms. The number of hydrogen-bond acceptors (Lipinski definition) is 6. The molecule has 0 saturated carbocycles. The van der Waals surface area contributed by atoms with Crippen LogP contribution in [-0.2, 0) is 19.5 Å². The van der Waals surface area contributed by atoms with E-state index < -0.39 is 18.1 Å². The third-order valence-electron chi connectivity index (χ3n) is 4.86. The Labute approximate surface area is 184 Å². The van der Waals surface area contributed by atoms with Crippen LogP contribution in [0.4, 0.5) is 8.78 Å². The molecule has 2 N–H and O–H groups in total. The largest absolute Gasteiger partial charge is 0.387 e. The van der Waals surface area contributed by atoms with Gasteiger partial charge in [-0.2, -0.15) is 10.2 Å². The van der Waals surface area contributed by atoms with Gasteiger partial charge in [-0.15, -0.1) is 0 Å². The lowest BCUT2D eigenvalue weighted by Gasteiger charge is -2.40. The quantitative estimate of drug-likeness (QED) is 0.566. The molecule has 0 saturated heterocycles. The Morgan fingerprint density at radius 2 is 1.61 bits per heavy atom. The van der Waals surface area contributed by atoms with Crippen LogP contribution in [0.25, 0.3) is 0 Å². The van der Waals surface area contributed by atoms with Gasteiger partial charge in [-0.05, 0) is 17.0 Å². The Balaban J connectivity index is 0.000000262. The van der Waals surface area contributed by atoms with Crippen molar-refractivity contribution in [2.45, 2.75) is 58.4 Å². The van der Waals surface area contributed by atoms with Gasteiger partial charge in [0.25, 0.3) is 6.43 Å². The predicted molar refractivity (Wildman–Crippen MR) is 112 cm³/mol. The average Bonchev–Trinajstić information content (AvgIpc) is 3.37. The molecule has 2 aromatic heterocycles. The molecule has 0 aliphatic heterocycles. The van der Waals surface area contributed by atoms with E-state index in [1.807, 2.05) is 45.0 Å². The fourth-order valence-corrected chi connectivity index (χ4v) is 2.90. The summed E-state index contributed by atoms with van der Waals surface area (Å²) in [6.07, 6.45) is 1.64. The molecular formula is C20H27ClF2N6O2. The van der Waals surface area contributed by atoms with Crippen molar-refractivity contribution >= 4 is 11.6 Å². The Morgan fingerprint density at radius 3 is 2.10 bits per heavy atom. The highest BCUT2D eigenvalue weighted by molar-refractivity contribution is 6.31. The van der Waals surface area contributed by atoms with Crippen molar-refractivity contribution < 1.29 is 19.0 Å². The van der Waals surface area contributed by atoms with Gasteiger partial charge in [0, 0.05) is 11.4 Å². The number of benzene rings is 1. The maximum atomic E-state index is 11.7. The minimum absolute atomic E-state index is 0.225. The van der Waals surface area contributed by atoms with E-state index in [1.165, 1.54) is 19.0 Å². The van der Waals surface area contributed by atoms with E-state index >= 15 is 0 Å². The van der Waals surface area contributed by atoms with Gasteiger partial charge in [-0.25, -0.2) is 18.7 Å². The summed E-state index contributed by atoms with van der Waals surface area (Å²) in [5.74, 6) is 0. The fourth-order valence-electron chi connectivity index (χ4n) is 2.70. The van der Waals surface area contributed by atoms with E-state index in [4.69, 9.17) is 16.7 Å². The van der Waals surface area contributed by atoms with Crippen LogP contribution in [0.15, 0.2) is 49.6 Å². The van der Waals surface area contributed by atoms with E-state index in [0.29, 0.717) is 18.0 Å². The van der Waals surface area contributed by atoms with Crippen LogP contribution in [0.5, 0.6) is 0 Å². The van der Waals surface area contributed by atoms with Gasteiger partial charge in [-0.3, -0.25) is 9.36 Å². The summed E-state index contributed by atoms with van der Waals surface area (Å²) in [4.78, 5) is 7.46. The van der Waals surface area contributed by atoms with Crippen molar-refractivity contribution in [3.8, 4) is 0 Å². The smallest absolute Gasteiger partial charge is 0.265 e. The molecule has 170 valence electrons. The molecule has 0 aliphatic carbocycles. The zero-order valence-corrected chi connectivity index (χ0v) is 18.4. The van der Waals surface area contributed by atoms with Gasteiger partial charge in [0.05, 0.1) is 18.7 Å². The predicted octanol–water partition coefficient (Wildman–Crippen LogP) is 2.86. The molecular weight excluding hydrogens is 430 g/mol.